The van der Waals surface area contributed by atoms with Crippen molar-refractivity contribution in [1.29, 1.82) is 0 Å². The highest BCUT2D eigenvalue weighted by atomic mass is 16.7. The summed E-state index contributed by atoms with van der Waals surface area (Å²) in [7, 11) is -0.813. The largest absolute Gasteiger partial charge is 0.563 e. The number of pyridine rings is 1. The summed E-state index contributed by atoms with van der Waals surface area (Å²) in [6.07, 6.45) is 0. The van der Waals surface area contributed by atoms with Gasteiger partial charge in [-0.2, -0.15) is 0 Å². The van der Waals surface area contributed by atoms with E-state index in [-0.39, 0.29) is 18.3 Å². The topological polar surface area (TPSA) is 49.8 Å². The van der Waals surface area contributed by atoms with Gasteiger partial charge in [-0.05, 0) is 70.0 Å². The van der Waals surface area contributed by atoms with Crippen molar-refractivity contribution in [2.24, 2.45) is 0 Å². The zero-order valence-electron chi connectivity index (χ0n) is 20.1. The summed E-state index contributed by atoms with van der Waals surface area (Å²) >= 11 is 0. The minimum absolute atomic E-state index is 0.363. The van der Waals surface area contributed by atoms with Crippen molar-refractivity contribution in [3.8, 4) is 11.3 Å². The van der Waals surface area contributed by atoms with Crippen molar-refractivity contribution in [3.63, 3.8) is 0 Å². The van der Waals surface area contributed by atoms with Gasteiger partial charge in [-0.25, -0.2) is 4.98 Å². The van der Waals surface area contributed by atoms with Gasteiger partial charge in [0.1, 0.15) is 5.60 Å². The molecule has 0 amide bonds. The first-order valence-electron chi connectivity index (χ1n) is 11.4. The van der Waals surface area contributed by atoms with E-state index in [1.165, 1.54) is 0 Å². The molecular weight excluding hydrogens is 412 g/mol. The molecule has 1 aromatic heterocycles. The molecule has 0 atom stereocenters. The Kier molecular flexibility index (Phi) is 5.02. The molecule has 0 bridgehead atoms. The van der Waals surface area contributed by atoms with Crippen LogP contribution in [-0.2, 0) is 18.6 Å². The highest BCUT2D eigenvalue weighted by molar-refractivity contribution is 6.62. The van der Waals surface area contributed by atoms with E-state index in [1.807, 2.05) is 56.3 Å². The molecule has 0 spiro atoms. The van der Waals surface area contributed by atoms with Gasteiger partial charge >= 0.3 is 14.2 Å². The maximum atomic E-state index is 6.20. The second-order valence-corrected chi connectivity index (χ2v) is 10.4. The molecule has 0 saturated carbocycles. The van der Waals surface area contributed by atoms with Crippen LogP contribution in [0.25, 0.3) is 22.2 Å². The summed E-state index contributed by atoms with van der Waals surface area (Å²) in [5.41, 5.74) is 3.62. The average Bonchev–Trinajstić information content (AvgIpc) is 3.16. The van der Waals surface area contributed by atoms with E-state index in [2.05, 4.69) is 46.4 Å². The molecule has 2 fully saturated rings. The van der Waals surface area contributed by atoms with Crippen LogP contribution >= 0.6 is 0 Å². The van der Waals surface area contributed by atoms with Crippen molar-refractivity contribution in [2.45, 2.75) is 58.3 Å². The predicted molar refractivity (Wildman–Crippen MR) is 134 cm³/mol. The van der Waals surface area contributed by atoms with Crippen LogP contribution in [-0.4, -0.2) is 36.0 Å². The lowest BCUT2D eigenvalue weighted by atomic mass is 9.78. The Labute approximate surface area is 196 Å². The summed E-state index contributed by atoms with van der Waals surface area (Å²) in [6.45, 7) is 16.1. The fourth-order valence-electron chi connectivity index (χ4n) is 4.01. The minimum atomic E-state index is -0.484. The Morgan fingerprint density at radius 3 is 1.97 bits per heavy atom. The van der Waals surface area contributed by atoms with Gasteiger partial charge in [-0.15, -0.1) is 0 Å². The molecule has 7 heteroatoms. The second kappa shape index (κ2) is 7.45. The highest BCUT2D eigenvalue weighted by Crippen LogP contribution is 2.36. The van der Waals surface area contributed by atoms with Crippen molar-refractivity contribution >= 4 is 36.1 Å². The first-order valence-corrected chi connectivity index (χ1v) is 11.4. The van der Waals surface area contributed by atoms with Gasteiger partial charge in [0.25, 0.3) is 0 Å². The normalized spacial score (nSPS) is 21.0. The van der Waals surface area contributed by atoms with Crippen LogP contribution < -0.4 is 10.9 Å². The maximum absolute atomic E-state index is 6.20. The molecule has 0 N–H and O–H groups in total. The van der Waals surface area contributed by atoms with Gasteiger partial charge in [0.2, 0.25) is 0 Å². The number of aromatic nitrogens is 1. The Morgan fingerprint density at radius 1 is 0.727 bits per heavy atom. The first kappa shape index (κ1) is 22.2. The molecule has 5 nitrogen and oxygen atoms in total. The highest BCUT2D eigenvalue weighted by Gasteiger charge is 2.51. The molecule has 5 rings (SSSR count). The molecule has 2 aliphatic heterocycles. The van der Waals surface area contributed by atoms with Crippen LogP contribution in [0.2, 0.25) is 0 Å². The number of benzene rings is 2. The van der Waals surface area contributed by atoms with Crippen LogP contribution in [0.4, 0.5) is 0 Å². The zero-order chi connectivity index (χ0) is 23.6. The molecule has 0 aliphatic carbocycles. The van der Waals surface area contributed by atoms with Gasteiger partial charge in [0, 0.05) is 5.56 Å². The zero-order valence-corrected chi connectivity index (χ0v) is 20.1. The summed E-state index contributed by atoms with van der Waals surface area (Å²) in [5.74, 6) is 0.646. The number of fused-ring (bicyclic) bond motifs is 1. The summed E-state index contributed by atoms with van der Waals surface area (Å²) in [4.78, 5) is 4.87. The van der Waals surface area contributed by atoms with E-state index in [0.29, 0.717) is 5.76 Å². The van der Waals surface area contributed by atoms with Crippen molar-refractivity contribution < 1.29 is 18.6 Å². The number of rotatable bonds is 3. The third kappa shape index (κ3) is 3.88. The van der Waals surface area contributed by atoms with Gasteiger partial charge in [0.05, 0.1) is 28.2 Å². The van der Waals surface area contributed by atoms with E-state index >= 15 is 0 Å². The molecule has 2 aromatic carbocycles. The van der Waals surface area contributed by atoms with E-state index < -0.39 is 12.7 Å². The lowest BCUT2D eigenvalue weighted by Gasteiger charge is -2.32. The van der Waals surface area contributed by atoms with Gasteiger partial charge < -0.3 is 18.6 Å². The van der Waals surface area contributed by atoms with Gasteiger partial charge in [-0.3, -0.25) is 0 Å². The molecular formula is C26H29B2NO4. The predicted octanol–water partition coefficient (Wildman–Crippen LogP) is 4.24. The minimum Gasteiger partial charge on any atom is -0.534 e. The van der Waals surface area contributed by atoms with E-state index in [9.17, 15) is 0 Å². The summed E-state index contributed by atoms with van der Waals surface area (Å²) in [5, 5.41) is 1.05. The standard InChI is InChI=1S/C26H29B2NO4/c1-17-24(2,3)31-27(30-17)20-11-8-18(9-12-20)22-14-10-19-16-21(13-15-23(19)29-22)28-32-25(4,5)26(6,7)33-28/h8-16H,1H2,2-7H3. The van der Waals surface area contributed by atoms with Crippen molar-refractivity contribution in [2.75, 3.05) is 0 Å². The second-order valence-electron chi connectivity index (χ2n) is 10.4. The third-order valence-electron chi connectivity index (χ3n) is 7.04. The number of nitrogens with zero attached hydrogens (tertiary/aromatic N) is 1. The fourth-order valence-corrected chi connectivity index (χ4v) is 4.01. The quantitative estimate of drug-likeness (QED) is 0.570. The van der Waals surface area contributed by atoms with Crippen molar-refractivity contribution in [1.82, 2.24) is 4.98 Å². The Bertz CT molecular complexity index is 1220. The first-order chi connectivity index (χ1) is 15.5. The molecule has 3 heterocycles. The smallest absolute Gasteiger partial charge is 0.534 e. The van der Waals surface area contributed by atoms with E-state index in [1.54, 1.807) is 0 Å². The number of hydrogen-bond donors (Lipinski definition) is 0. The molecule has 2 saturated heterocycles. The van der Waals surface area contributed by atoms with E-state index in [4.69, 9.17) is 23.6 Å². The fraction of sp³-hybridized carbons (Fsp3) is 0.346. The van der Waals surface area contributed by atoms with Gasteiger partial charge in [-0.1, -0.05) is 49.0 Å². The summed E-state index contributed by atoms with van der Waals surface area (Å²) < 4.78 is 24.2. The lowest BCUT2D eigenvalue weighted by molar-refractivity contribution is 0.00578. The number of hydrogen-bond acceptors (Lipinski definition) is 5. The van der Waals surface area contributed by atoms with Crippen molar-refractivity contribution in [3.05, 3.63) is 66.9 Å². The van der Waals surface area contributed by atoms with Crippen LogP contribution in [0, 0.1) is 0 Å². The monoisotopic (exact) mass is 441 g/mol. The molecule has 33 heavy (non-hydrogen) atoms. The van der Waals surface area contributed by atoms with Gasteiger partial charge in [0.15, 0.2) is 0 Å². The average molecular weight is 441 g/mol. The Morgan fingerprint density at radius 2 is 1.36 bits per heavy atom. The van der Waals surface area contributed by atoms with E-state index in [0.717, 1.165) is 33.1 Å². The molecule has 0 radical (unpaired) electrons. The lowest BCUT2D eigenvalue weighted by Crippen LogP contribution is -2.41. The maximum Gasteiger partial charge on any atom is 0.563 e. The SMILES string of the molecule is C=C1OB(c2ccc(-c3ccc4cc(B5OC(C)(C)C(C)(C)O5)ccc4n3)cc2)OC1(C)C. The third-order valence-corrected chi connectivity index (χ3v) is 7.04. The Balaban J connectivity index is 1.37. The van der Waals surface area contributed by atoms with Crippen LogP contribution in [0.1, 0.15) is 41.5 Å². The molecule has 168 valence electrons. The van der Waals surface area contributed by atoms with Crippen LogP contribution in [0.5, 0.6) is 0 Å². The van der Waals surface area contributed by atoms with Crippen LogP contribution in [0.15, 0.2) is 66.9 Å². The Hall–Kier alpha value is -2.60. The van der Waals surface area contributed by atoms with Crippen LogP contribution in [0.3, 0.4) is 0 Å². The molecule has 2 aliphatic rings. The molecule has 0 unspecified atom stereocenters. The summed E-state index contributed by atoms with van der Waals surface area (Å²) in [6, 6.07) is 18.4. The molecule has 3 aromatic rings.